The number of carbonyl (C=O) groups excluding carboxylic acids is 1. The predicted octanol–water partition coefficient (Wildman–Crippen LogP) is 4.11. The Morgan fingerprint density at radius 3 is 2.21 bits per heavy atom. The second kappa shape index (κ2) is 7.03. The number of Topliss-reactive ketones (excluding diaryl/α,β-unsaturated/α-hetero) is 1. The lowest BCUT2D eigenvalue weighted by Gasteiger charge is -2.11. The normalized spacial score (nSPS) is 27.8. The Hall–Kier alpha value is -0.330. The third-order valence-electron chi connectivity index (χ3n) is 3.23. The van der Waals surface area contributed by atoms with E-state index in [9.17, 15) is 4.79 Å². The van der Waals surface area contributed by atoms with Gasteiger partial charge < -0.3 is 0 Å². The van der Waals surface area contributed by atoms with Crippen molar-refractivity contribution in [3.05, 3.63) is 0 Å². The number of hydrogen-bond donors (Lipinski definition) is 0. The van der Waals surface area contributed by atoms with Gasteiger partial charge in [-0.15, -0.1) is 0 Å². The van der Waals surface area contributed by atoms with Crippen LogP contribution in [0.4, 0.5) is 0 Å². The zero-order chi connectivity index (χ0) is 10.2. The third-order valence-corrected chi connectivity index (χ3v) is 3.23. The molecule has 1 fully saturated rings. The fourth-order valence-electron chi connectivity index (χ4n) is 2.29. The van der Waals surface area contributed by atoms with Gasteiger partial charge in [-0.2, -0.15) is 0 Å². The minimum Gasteiger partial charge on any atom is -0.300 e. The summed E-state index contributed by atoms with van der Waals surface area (Å²) in [5.41, 5.74) is 0. The van der Waals surface area contributed by atoms with Crippen LogP contribution in [0.1, 0.15) is 71.1 Å². The molecular weight excluding hydrogens is 172 g/mol. The second-order valence-corrected chi connectivity index (χ2v) is 4.86. The summed E-state index contributed by atoms with van der Waals surface area (Å²) in [6.07, 6.45) is 12.1. The molecule has 0 spiro atoms. The summed E-state index contributed by atoms with van der Waals surface area (Å²) < 4.78 is 0. The van der Waals surface area contributed by atoms with E-state index in [0.717, 1.165) is 19.3 Å². The van der Waals surface area contributed by atoms with E-state index in [1.54, 1.807) is 0 Å². The van der Waals surface area contributed by atoms with Gasteiger partial charge in [0.05, 0.1) is 0 Å². The van der Waals surface area contributed by atoms with Gasteiger partial charge in [0, 0.05) is 12.8 Å². The molecule has 0 heterocycles. The lowest BCUT2D eigenvalue weighted by Crippen LogP contribution is -2.06. The Morgan fingerprint density at radius 1 is 0.929 bits per heavy atom. The van der Waals surface area contributed by atoms with Crippen molar-refractivity contribution in [2.24, 2.45) is 5.92 Å². The van der Waals surface area contributed by atoms with Crippen molar-refractivity contribution in [1.82, 2.24) is 0 Å². The molecule has 0 N–H and O–H groups in total. The molecule has 82 valence electrons. The molecule has 1 heteroatoms. The molecule has 1 aliphatic carbocycles. The summed E-state index contributed by atoms with van der Waals surface area (Å²) in [7, 11) is 0. The summed E-state index contributed by atoms with van der Waals surface area (Å²) >= 11 is 0. The van der Waals surface area contributed by atoms with E-state index in [4.69, 9.17) is 0 Å². The molecule has 0 aromatic carbocycles. The van der Waals surface area contributed by atoms with Gasteiger partial charge in [-0.05, 0) is 12.3 Å². The highest BCUT2D eigenvalue weighted by Crippen LogP contribution is 2.18. The van der Waals surface area contributed by atoms with Crippen molar-refractivity contribution in [3.8, 4) is 0 Å². The van der Waals surface area contributed by atoms with Gasteiger partial charge in [-0.25, -0.2) is 0 Å². The molecule has 1 nitrogen and oxygen atoms in total. The van der Waals surface area contributed by atoms with Gasteiger partial charge in [-0.3, -0.25) is 4.79 Å². The van der Waals surface area contributed by atoms with Crippen molar-refractivity contribution < 1.29 is 4.79 Å². The van der Waals surface area contributed by atoms with Crippen LogP contribution in [-0.2, 0) is 4.79 Å². The molecule has 0 saturated heterocycles. The van der Waals surface area contributed by atoms with Gasteiger partial charge in [0.2, 0.25) is 0 Å². The van der Waals surface area contributed by atoms with Crippen LogP contribution in [-0.4, -0.2) is 5.78 Å². The monoisotopic (exact) mass is 196 g/mol. The van der Waals surface area contributed by atoms with Crippen LogP contribution in [0.3, 0.4) is 0 Å². The first-order chi connectivity index (χ1) is 6.79. The molecule has 0 aromatic rings. The lowest BCUT2D eigenvalue weighted by atomic mass is 9.94. The molecule has 0 bridgehead atoms. The first kappa shape index (κ1) is 11.7. The number of carbonyl (C=O) groups is 1. The zero-order valence-corrected chi connectivity index (χ0v) is 9.56. The number of ketones is 1. The maximum Gasteiger partial charge on any atom is 0.133 e. The van der Waals surface area contributed by atoms with Crippen molar-refractivity contribution in [2.45, 2.75) is 71.1 Å². The lowest BCUT2D eigenvalue weighted by molar-refractivity contribution is -0.120. The van der Waals surface area contributed by atoms with Crippen molar-refractivity contribution in [2.75, 3.05) is 0 Å². The average Bonchev–Trinajstić information content (AvgIpc) is 2.13. The Balaban J connectivity index is 2.26. The van der Waals surface area contributed by atoms with Crippen LogP contribution in [0.5, 0.6) is 0 Å². The van der Waals surface area contributed by atoms with Gasteiger partial charge in [0.1, 0.15) is 5.78 Å². The molecule has 1 unspecified atom stereocenters. The van der Waals surface area contributed by atoms with E-state index in [-0.39, 0.29) is 0 Å². The smallest absolute Gasteiger partial charge is 0.133 e. The highest BCUT2D eigenvalue weighted by molar-refractivity contribution is 5.78. The maximum atomic E-state index is 11.5. The van der Waals surface area contributed by atoms with Gasteiger partial charge >= 0.3 is 0 Å². The molecule has 1 saturated carbocycles. The predicted molar refractivity (Wildman–Crippen MR) is 60.3 cm³/mol. The largest absolute Gasteiger partial charge is 0.300 e. The molecule has 0 amide bonds. The Morgan fingerprint density at radius 2 is 1.50 bits per heavy atom. The molecule has 1 atom stereocenters. The molecule has 1 rings (SSSR count). The van der Waals surface area contributed by atoms with E-state index in [2.05, 4.69) is 6.92 Å². The zero-order valence-electron chi connectivity index (χ0n) is 9.56. The van der Waals surface area contributed by atoms with Crippen LogP contribution >= 0.6 is 0 Å². The quantitative estimate of drug-likeness (QED) is 0.570. The Labute approximate surface area is 88.3 Å². The first-order valence-electron chi connectivity index (χ1n) is 6.31. The van der Waals surface area contributed by atoms with Crippen molar-refractivity contribution >= 4 is 5.78 Å². The number of hydrogen-bond acceptors (Lipinski definition) is 1. The summed E-state index contributed by atoms with van der Waals surface area (Å²) in [6, 6.07) is 0. The molecule has 0 radical (unpaired) electrons. The standard InChI is InChI=1S/C13H24O/c1-12-9-7-5-3-2-4-6-8-10-13(14)11-12/h12H,2-11H2,1H3. The molecule has 14 heavy (non-hydrogen) atoms. The summed E-state index contributed by atoms with van der Waals surface area (Å²) in [5, 5.41) is 0. The van der Waals surface area contributed by atoms with Crippen LogP contribution in [0.25, 0.3) is 0 Å². The second-order valence-electron chi connectivity index (χ2n) is 4.86. The minimum absolute atomic E-state index is 0.498. The molecule has 1 aliphatic rings. The highest BCUT2D eigenvalue weighted by atomic mass is 16.1. The average molecular weight is 196 g/mol. The molecule has 0 aromatic heterocycles. The third kappa shape index (κ3) is 5.41. The van der Waals surface area contributed by atoms with E-state index in [1.165, 1.54) is 44.9 Å². The van der Waals surface area contributed by atoms with Gasteiger partial charge in [0.25, 0.3) is 0 Å². The van der Waals surface area contributed by atoms with E-state index < -0.39 is 0 Å². The fraction of sp³-hybridized carbons (Fsp3) is 0.923. The maximum absolute atomic E-state index is 11.5. The minimum atomic E-state index is 0.498. The van der Waals surface area contributed by atoms with Crippen LogP contribution in [0.2, 0.25) is 0 Å². The summed E-state index contributed by atoms with van der Waals surface area (Å²) in [4.78, 5) is 11.5. The van der Waals surface area contributed by atoms with Crippen molar-refractivity contribution in [1.29, 1.82) is 0 Å². The van der Waals surface area contributed by atoms with E-state index in [1.807, 2.05) is 0 Å². The summed E-state index contributed by atoms with van der Waals surface area (Å²) in [5.74, 6) is 1.13. The van der Waals surface area contributed by atoms with Gasteiger partial charge in [0.15, 0.2) is 0 Å². The van der Waals surface area contributed by atoms with Crippen LogP contribution < -0.4 is 0 Å². The molecular formula is C13H24O. The van der Waals surface area contributed by atoms with E-state index in [0.29, 0.717) is 11.7 Å². The van der Waals surface area contributed by atoms with Crippen LogP contribution in [0.15, 0.2) is 0 Å². The van der Waals surface area contributed by atoms with Gasteiger partial charge in [-0.1, -0.05) is 51.9 Å². The Kier molecular flexibility index (Phi) is 5.89. The topological polar surface area (TPSA) is 17.1 Å². The SMILES string of the molecule is CC1CCCCCCCCCC(=O)C1. The summed E-state index contributed by atoms with van der Waals surface area (Å²) in [6.45, 7) is 2.23. The first-order valence-corrected chi connectivity index (χ1v) is 6.31. The number of rotatable bonds is 0. The van der Waals surface area contributed by atoms with Crippen molar-refractivity contribution in [3.63, 3.8) is 0 Å². The molecule has 0 aliphatic heterocycles. The highest BCUT2D eigenvalue weighted by Gasteiger charge is 2.09. The van der Waals surface area contributed by atoms with E-state index >= 15 is 0 Å². The Bertz CT molecular complexity index is 163. The van der Waals surface area contributed by atoms with Crippen LogP contribution in [0, 0.1) is 5.92 Å². The fourth-order valence-corrected chi connectivity index (χ4v) is 2.29.